The molecule has 0 saturated heterocycles. The molecule has 0 spiro atoms. The molecule has 2 nitrogen and oxygen atoms in total. The number of carbonyl (C=O) groups excluding carboxylic acids is 1. The molecule has 1 rings (SSSR count). The zero-order chi connectivity index (χ0) is 9.56. The average Bonchev–Trinajstić information content (AvgIpc) is 1.99. The third-order valence-electron chi connectivity index (χ3n) is 0.962. The highest BCUT2D eigenvalue weighted by atomic mass is 19.1. The molecule has 66 valence electrons. The van der Waals surface area contributed by atoms with E-state index in [4.69, 9.17) is 10.5 Å². The smallest absolute Gasteiger partial charge is 0.148 e. The Morgan fingerprint density at radius 3 is 2.25 bits per heavy atom. The van der Waals surface area contributed by atoms with Crippen LogP contribution in [0.2, 0.25) is 0 Å². The van der Waals surface area contributed by atoms with Crippen molar-refractivity contribution < 1.29 is 13.6 Å². The first-order valence-corrected chi connectivity index (χ1v) is 3.22. The lowest BCUT2D eigenvalue weighted by Gasteiger charge is -1.92. The molecular weight excluding hydrogens is 164 g/mol. The van der Waals surface area contributed by atoms with E-state index in [0.717, 1.165) is 18.4 Å². The molecule has 0 aromatic heterocycles. The summed E-state index contributed by atoms with van der Waals surface area (Å²) < 4.78 is 24.3. The minimum absolute atomic E-state index is 0.0311. The number of hydrogen-bond donors (Lipinski definition) is 1. The summed E-state index contributed by atoms with van der Waals surface area (Å²) in [4.78, 5) is 8.81. The van der Waals surface area contributed by atoms with E-state index in [1.165, 1.54) is 13.0 Å². The third kappa shape index (κ3) is 3.65. The molecule has 0 bridgehead atoms. The van der Waals surface area contributed by atoms with Crippen molar-refractivity contribution in [3.8, 4) is 0 Å². The summed E-state index contributed by atoms with van der Waals surface area (Å²) in [6.45, 7) is 1.44. The number of nitrogens with two attached hydrogens (primary N) is 1. The lowest BCUT2D eigenvalue weighted by atomic mass is 10.3. The van der Waals surface area contributed by atoms with E-state index in [9.17, 15) is 8.78 Å². The zero-order valence-corrected chi connectivity index (χ0v) is 6.55. The number of aldehydes is 1. The Kier molecular flexibility index (Phi) is 4.60. The van der Waals surface area contributed by atoms with Crippen molar-refractivity contribution in [2.24, 2.45) is 0 Å². The number of carbonyl (C=O) groups is 1. The monoisotopic (exact) mass is 173 g/mol. The van der Waals surface area contributed by atoms with Crippen molar-refractivity contribution in [1.29, 1.82) is 0 Å². The van der Waals surface area contributed by atoms with Crippen LogP contribution in [0, 0.1) is 11.6 Å². The van der Waals surface area contributed by atoms with Gasteiger partial charge in [-0.1, -0.05) is 0 Å². The quantitative estimate of drug-likeness (QED) is 0.479. The van der Waals surface area contributed by atoms with Gasteiger partial charge in [0.25, 0.3) is 0 Å². The first-order valence-electron chi connectivity index (χ1n) is 3.22. The second-order valence-corrected chi connectivity index (χ2v) is 1.90. The molecule has 0 atom stereocenters. The molecule has 0 aliphatic rings. The molecule has 0 aliphatic heterocycles. The van der Waals surface area contributed by atoms with Crippen molar-refractivity contribution in [2.45, 2.75) is 6.92 Å². The van der Waals surface area contributed by atoms with E-state index in [1.54, 1.807) is 0 Å². The summed E-state index contributed by atoms with van der Waals surface area (Å²) in [6, 6.07) is 3.04. The maximum atomic E-state index is 12.2. The molecule has 0 unspecified atom stereocenters. The van der Waals surface area contributed by atoms with Crippen LogP contribution in [-0.2, 0) is 4.79 Å². The number of anilines is 1. The van der Waals surface area contributed by atoms with Gasteiger partial charge in [-0.15, -0.1) is 0 Å². The number of hydrogen-bond acceptors (Lipinski definition) is 2. The van der Waals surface area contributed by atoms with Crippen LogP contribution >= 0.6 is 0 Å². The van der Waals surface area contributed by atoms with Gasteiger partial charge in [0.05, 0.1) is 5.69 Å². The first-order chi connectivity index (χ1) is 5.61. The Morgan fingerprint density at radius 2 is 1.92 bits per heavy atom. The van der Waals surface area contributed by atoms with Gasteiger partial charge < -0.3 is 10.5 Å². The van der Waals surface area contributed by atoms with Crippen molar-refractivity contribution in [1.82, 2.24) is 0 Å². The van der Waals surface area contributed by atoms with Gasteiger partial charge in [0.2, 0.25) is 0 Å². The molecule has 12 heavy (non-hydrogen) atoms. The van der Waals surface area contributed by atoms with E-state index in [-0.39, 0.29) is 5.69 Å². The second-order valence-electron chi connectivity index (χ2n) is 1.90. The maximum absolute atomic E-state index is 12.2. The van der Waals surface area contributed by atoms with Crippen molar-refractivity contribution in [3.63, 3.8) is 0 Å². The normalized spacial score (nSPS) is 8.25. The summed E-state index contributed by atoms with van der Waals surface area (Å²) in [6.07, 6.45) is 0.750. The minimum atomic E-state index is -0.713. The van der Waals surface area contributed by atoms with E-state index in [0.29, 0.717) is 0 Å². The fraction of sp³-hybridized carbons (Fsp3) is 0.125. The summed E-state index contributed by atoms with van der Waals surface area (Å²) in [5.41, 5.74) is 5.02. The Bertz CT molecular complexity index is 263. The van der Waals surface area contributed by atoms with E-state index < -0.39 is 11.6 Å². The lowest BCUT2D eigenvalue weighted by molar-refractivity contribution is -0.106. The van der Waals surface area contributed by atoms with Gasteiger partial charge in [-0.3, -0.25) is 0 Å². The van der Waals surface area contributed by atoms with Crippen molar-refractivity contribution in [2.75, 3.05) is 5.73 Å². The lowest BCUT2D eigenvalue weighted by Crippen LogP contribution is -1.89. The van der Waals surface area contributed by atoms with E-state index in [2.05, 4.69) is 0 Å². The highest BCUT2D eigenvalue weighted by molar-refractivity contribution is 5.44. The van der Waals surface area contributed by atoms with Gasteiger partial charge in [-0.05, 0) is 19.1 Å². The zero-order valence-electron chi connectivity index (χ0n) is 6.55. The van der Waals surface area contributed by atoms with Crippen LogP contribution in [0.4, 0.5) is 14.5 Å². The third-order valence-corrected chi connectivity index (χ3v) is 0.962. The summed E-state index contributed by atoms with van der Waals surface area (Å²) in [5, 5.41) is 0. The summed E-state index contributed by atoms with van der Waals surface area (Å²) in [5.74, 6) is -1.32. The molecular formula is C8H9F2NO. The minimum Gasteiger partial charge on any atom is -0.396 e. The van der Waals surface area contributed by atoms with Crippen LogP contribution in [-0.4, -0.2) is 6.29 Å². The largest absolute Gasteiger partial charge is 0.396 e. The Labute approximate surface area is 69.0 Å². The number of nitrogen functional groups attached to an aromatic ring is 1. The Morgan fingerprint density at radius 1 is 1.42 bits per heavy atom. The molecule has 0 fully saturated rings. The fourth-order valence-corrected chi connectivity index (χ4v) is 0.502. The standard InChI is InChI=1S/C6H5F2N.C2H4O/c7-4-1-2-6(9)5(8)3-4;1-2-3/h1-3H,9H2;2H,1H3. The van der Waals surface area contributed by atoms with E-state index in [1.807, 2.05) is 0 Å². The van der Waals surface area contributed by atoms with Crippen LogP contribution < -0.4 is 5.73 Å². The average molecular weight is 173 g/mol. The SMILES string of the molecule is CC=O.Nc1ccc(F)cc1F. The van der Waals surface area contributed by atoms with Gasteiger partial charge >= 0.3 is 0 Å². The molecule has 2 N–H and O–H groups in total. The fourth-order valence-electron chi connectivity index (χ4n) is 0.502. The Balaban J connectivity index is 0.000000354. The second kappa shape index (κ2) is 5.23. The highest BCUT2D eigenvalue weighted by Crippen LogP contribution is 2.09. The predicted octanol–water partition coefficient (Wildman–Crippen LogP) is 1.75. The van der Waals surface area contributed by atoms with Gasteiger partial charge in [-0.25, -0.2) is 8.78 Å². The molecule has 1 aromatic carbocycles. The van der Waals surface area contributed by atoms with Crippen LogP contribution in [0.1, 0.15) is 6.92 Å². The van der Waals surface area contributed by atoms with Gasteiger partial charge in [-0.2, -0.15) is 0 Å². The van der Waals surface area contributed by atoms with Crippen molar-refractivity contribution in [3.05, 3.63) is 29.8 Å². The number of benzene rings is 1. The topological polar surface area (TPSA) is 43.1 Å². The van der Waals surface area contributed by atoms with Crippen molar-refractivity contribution >= 4 is 12.0 Å². The van der Waals surface area contributed by atoms with Crippen LogP contribution in [0.15, 0.2) is 18.2 Å². The summed E-state index contributed by atoms with van der Waals surface area (Å²) >= 11 is 0. The molecule has 0 aliphatic carbocycles. The van der Waals surface area contributed by atoms with Gasteiger partial charge in [0.15, 0.2) is 0 Å². The maximum Gasteiger partial charge on any atom is 0.148 e. The number of halogens is 2. The molecule has 1 aromatic rings. The van der Waals surface area contributed by atoms with Crippen LogP contribution in [0.5, 0.6) is 0 Å². The van der Waals surface area contributed by atoms with Crippen LogP contribution in [0.3, 0.4) is 0 Å². The molecule has 0 saturated carbocycles. The van der Waals surface area contributed by atoms with Crippen LogP contribution in [0.25, 0.3) is 0 Å². The van der Waals surface area contributed by atoms with Gasteiger partial charge in [0, 0.05) is 6.07 Å². The molecule has 0 radical (unpaired) electrons. The number of rotatable bonds is 0. The van der Waals surface area contributed by atoms with Gasteiger partial charge in [0.1, 0.15) is 17.9 Å². The summed E-state index contributed by atoms with van der Waals surface area (Å²) in [7, 11) is 0. The highest BCUT2D eigenvalue weighted by Gasteiger charge is 1.96. The molecule has 0 amide bonds. The first kappa shape index (κ1) is 10.6. The predicted molar refractivity (Wildman–Crippen MR) is 42.5 cm³/mol. The molecule has 0 heterocycles. The molecule has 4 heteroatoms. The Hall–Kier alpha value is -1.45. The van der Waals surface area contributed by atoms with E-state index >= 15 is 0 Å².